The number of carbonyl (C=O) groups excluding carboxylic acids is 2. The minimum Gasteiger partial charge on any atom is -0.457 e. The van der Waals surface area contributed by atoms with Crippen molar-refractivity contribution in [3.63, 3.8) is 0 Å². The van der Waals surface area contributed by atoms with Crippen LogP contribution in [0.15, 0.2) is 109 Å². The molecule has 1 N–H and O–H groups in total. The zero-order valence-corrected chi connectivity index (χ0v) is 26.4. The van der Waals surface area contributed by atoms with Gasteiger partial charge >= 0.3 is 0 Å². The second-order valence-electron chi connectivity index (χ2n) is 10.9. The van der Waals surface area contributed by atoms with Gasteiger partial charge in [-0.1, -0.05) is 67.6 Å². The molecule has 45 heavy (non-hydrogen) atoms. The fourth-order valence-electron chi connectivity index (χ4n) is 4.70. The first-order chi connectivity index (χ1) is 21.5. The summed E-state index contributed by atoms with van der Waals surface area (Å²) in [5.74, 6) is -0.272. The van der Waals surface area contributed by atoms with Gasteiger partial charge in [-0.05, 0) is 73.0 Å². The van der Waals surface area contributed by atoms with E-state index in [2.05, 4.69) is 5.32 Å². The molecule has 0 aliphatic rings. The molecule has 236 valence electrons. The topological polar surface area (TPSA) is 96.0 Å². The quantitative estimate of drug-likeness (QED) is 0.186. The van der Waals surface area contributed by atoms with Gasteiger partial charge in [0.15, 0.2) is 0 Å². The summed E-state index contributed by atoms with van der Waals surface area (Å²) in [7, 11) is -3.93. The van der Waals surface area contributed by atoms with E-state index in [1.165, 1.54) is 17.0 Å². The molecule has 2 atom stereocenters. The van der Waals surface area contributed by atoms with E-state index in [0.717, 1.165) is 16.1 Å². The Morgan fingerprint density at radius 2 is 1.40 bits per heavy atom. The highest BCUT2D eigenvalue weighted by Gasteiger charge is 2.33. The smallest absolute Gasteiger partial charge is 0.244 e. The summed E-state index contributed by atoms with van der Waals surface area (Å²) in [6, 6.07) is 29.3. The van der Waals surface area contributed by atoms with Gasteiger partial charge in [-0.25, -0.2) is 12.8 Å². The van der Waals surface area contributed by atoms with Gasteiger partial charge in [-0.3, -0.25) is 13.9 Å². The number of amides is 2. The van der Waals surface area contributed by atoms with Crippen molar-refractivity contribution in [1.82, 2.24) is 10.2 Å². The predicted octanol–water partition coefficient (Wildman–Crippen LogP) is 5.94. The van der Waals surface area contributed by atoms with Gasteiger partial charge in [-0.2, -0.15) is 0 Å². The van der Waals surface area contributed by atoms with Gasteiger partial charge in [-0.15, -0.1) is 0 Å². The van der Waals surface area contributed by atoms with Crippen LogP contribution in [0.3, 0.4) is 0 Å². The molecule has 0 fully saturated rings. The van der Waals surface area contributed by atoms with Crippen molar-refractivity contribution >= 4 is 27.5 Å². The number of nitrogens with zero attached hydrogens (tertiary/aromatic N) is 2. The van der Waals surface area contributed by atoms with Crippen molar-refractivity contribution in [3.8, 4) is 11.5 Å². The van der Waals surface area contributed by atoms with Crippen LogP contribution in [0.5, 0.6) is 11.5 Å². The molecule has 0 aliphatic carbocycles. The summed E-state index contributed by atoms with van der Waals surface area (Å²) < 4.78 is 46.7. The Bertz CT molecular complexity index is 1650. The largest absolute Gasteiger partial charge is 0.457 e. The maximum atomic E-state index is 14.2. The molecule has 0 bridgehead atoms. The molecule has 0 spiro atoms. The van der Waals surface area contributed by atoms with Crippen LogP contribution in [0.2, 0.25) is 0 Å². The van der Waals surface area contributed by atoms with E-state index in [1.54, 1.807) is 48.5 Å². The standard InChI is InChI=1S/C35H38FN3O5S/c1-4-26(2)37-35(41)33(23-27-11-7-5-8-12-27)38(24-28-15-17-29(36)18-16-28)34(40)25-39(45(3,42)43)30-19-21-32(22-20-30)44-31-13-9-6-10-14-31/h5-22,26,33H,4,23-25H2,1-3H3,(H,37,41)/t26-,33-/m0/s1. The first-order valence-electron chi connectivity index (χ1n) is 14.7. The number of rotatable bonds is 14. The van der Waals surface area contributed by atoms with E-state index in [4.69, 9.17) is 4.74 Å². The van der Waals surface area contributed by atoms with E-state index < -0.39 is 34.3 Å². The van der Waals surface area contributed by atoms with Gasteiger partial charge in [0, 0.05) is 19.0 Å². The molecule has 0 saturated carbocycles. The lowest BCUT2D eigenvalue weighted by molar-refractivity contribution is -0.140. The summed E-state index contributed by atoms with van der Waals surface area (Å²) in [6.45, 7) is 3.23. The number of carbonyl (C=O) groups is 2. The predicted molar refractivity (Wildman–Crippen MR) is 174 cm³/mol. The number of ether oxygens (including phenoxy) is 1. The molecule has 4 rings (SSSR count). The number of halogens is 1. The summed E-state index contributed by atoms with van der Waals surface area (Å²) in [5, 5.41) is 2.98. The molecule has 2 amide bonds. The first-order valence-corrected chi connectivity index (χ1v) is 16.6. The summed E-state index contributed by atoms with van der Waals surface area (Å²) >= 11 is 0. The normalized spacial score (nSPS) is 12.5. The molecule has 0 aromatic heterocycles. The Balaban J connectivity index is 1.67. The van der Waals surface area contributed by atoms with Crippen LogP contribution in [0.1, 0.15) is 31.4 Å². The van der Waals surface area contributed by atoms with Gasteiger partial charge in [0.1, 0.15) is 29.9 Å². The van der Waals surface area contributed by atoms with E-state index >= 15 is 0 Å². The molecule has 0 heterocycles. The third-order valence-corrected chi connectivity index (χ3v) is 8.46. The van der Waals surface area contributed by atoms with Gasteiger partial charge < -0.3 is 15.0 Å². The van der Waals surface area contributed by atoms with Crippen LogP contribution >= 0.6 is 0 Å². The summed E-state index contributed by atoms with van der Waals surface area (Å²) in [6.07, 6.45) is 1.90. The third-order valence-electron chi connectivity index (χ3n) is 7.32. The first kappa shape index (κ1) is 33.2. The number of hydrogen-bond acceptors (Lipinski definition) is 5. The maximum Gasteiger partial charge on any atom is 0.244 e. The Morgan fingerprint density at radius 1 is 0.822 bits per heavy atom. The molecule has 0 radical (unpaired) electrons. The number of hydrogen-bond donors (Lipinski definition) is 1. The Hall–Kier alpha value is -4.70. The third kappa shape index (κ3) is 9.64. The molecule has 0 unspecified atom stereocenters. The van der Waals surface area contributed by atoms with Crippen molar-refractivity contribution in [2.45, 2.75) is 45.3 Å². The van der Waals surface area contributed by atoms with E-state index in [-0.39, 0.29) is 30.6 Å². The highest BCUT2D eigenvalue weighted by Crippen LogP contribution is 2.26. The molecule has 8 nitrogen and oxygen atoms in total. The maximum absolute atomic E-state index is 14.2. The van der Waals surface area contributed by atoms with E-state index in [0.29, 0.717) is 23.5 Å². The average Bonchev–Trinajstić information content (AvgIpc) is 3.03. The molecule has 0 aliphatic heterocycles. The van der Waals surface area contributed by atoms with Crippen LogP contribution in [0, 0.1) is 5.82 Å². The Morgan fingerprint density at radius 3 is 1.98 bits per heavy atom. The minimum atomic E-state index is -3.93. The molecule has 4 aromatic rings. The van der Waals surface area contributed by atoms with Gasteiger partial charge in [0.25, 0.3) is 0 Å². The zero-order chi connectivity index (χ0) is 32.4. The fraction of sp³-hybridized carbons (Fsp3) is 0.257. The number of anilines is 1. The average molecular weight is 632 g/mol. The lowest BCUT2D eigenvalue weighted by atomic mass is 10.0. The van der Waals surface area contributed by atoms with Gasteiger partial charge in [0.2, 0.25) is 21.8 Å². The van der Waals surface area contributed by atoms with Crippen LogP contribution in [0.4, 0.5) is 10.1 Å². The monoisotopic (exact) mass is 631 g/mol. The molecular formula is C35H38FN3O5S. The van der Waals surface area contributed by atoms with Crippen molar-refractivity contribution in [2.75, 3.05) is 17.1 Å². The number of benzene rings is 4. The van der Waals surface area contributed by atoms with Crippen molar-refractivity contribution in [1.29, 1.82) is 0 Å². The fourth-order valence-corrected chi connectivity index (χ4v) is 5.55. The molecular weight excluding hydrogens is 593 g/mol. The van der Waals surface area contributed by atoms with Crippen LogP contribution < -0.4 is 14.4 Å². The molecule has 0 saturated heterocycles. The summed E-state index contributed by atoms with van der Waals surface area (Å²) in [5.41, 5.74) is 1.68. The molecule has 4 aromatic carbocycles. The lowest BCUT2D eigenvalue weighted by Gasteiger charge is -2.34. The Kier molecular flexibility index (Phi) is 11.3. The van der Waals surface area contributed by atoms with Crippen molar-refractivity contribution < 1.29 is 27.1 Å². The zero-order valence-electron chi connectivity index (χ0n) is 25.6. The van der Waals surface area contributed by atoms with Crippen molar-refractivity contribution in [3.05, 3.63) is 126 Å². The van der Waals surface area contributed by atoms with E-state index in [1.807, 2.05) is 62.4 Å². The number of para-hydroxylation sites is 1. The Labute approximate surface area is 264 Å². The number of sulfonamides is 1. The van der Waals surface area contributed by atoms with Gasteiger partial charge in [0.05, 0.1) is 11.9 Å². The highest BCUT2D eigenvalue weighted by molar-refractivity contribution is 7.92. The number of nitrogens with one attached hydrogen (secondary N) is 1. The summed E-state index contributed by atoms with van der Waals surface area (Å²) in [4.78, 5) is 29.3. The SMILES string of the molecule is CC[C@H](C)NC(=O)[C@H](Cc1ccccc1)N(Cc1ccc(F)cc1)C(=O)CN(c1ccc(Oc2ccccc2)cc1)S(C)(=O)=O. The second kappa shape index (κ2) is 15.3. The van der Waals surface area contributed by atoms with E-state index in [9.17, 15) is 22.4 Å². The van der Waals surface area contributed by atoms with Crippen LogP contribution in [-0.4, -0.2) is 50.0 Å². The van der Waals surface area contributed by atoms with Crippen LogP contribution in [-0.2, 0) is 32.6 Å². The molecule has 10 heteroatoms. The highest BCUT2D eigenvalue weighted by atomic mass is 32.2. The lowest BCUT2D eigenvalue weighted by Crippen LogP contribution is -2.54. The minimum absolute atomic E-state index is 0.0357. The van der Waals surface area contributed by atoms with Crippen LogP contribution in [0.25, 0.3) is 0 Å². The van der Waals surface area contributed by atoms with Crippen molar-refractivity contribution in [2.24, 2.45) is 0 Å². The second-order valence-corrected chi connectivity index (χ2v) is 12.8.